The second kappa shape index (κ2) is 6.95. The van der Waals surface area contributed by atoms with E-state index in [4.69, 9.17) is 0 Å². The van der Waals surface area contributed by atoms with Gasteiger partial charge >= 0.3 is 6.09 Å². The second-order valence-corrected chi connectivity index (χ2v) is 6.36. The lowest BCUT2D eigenvalue weighted by atomic mass is 9.84. The predicted octanol–water partition coefficient (Wildman–Crippen LogP) is 2.45. The predicted molar refractivity (Wildman–Crippen MR) is 78.3 cm³/mol. The first-order valence-electron chi connectivity index (χ1n) is 7.49. The Morgan fingerprint density at radius 2 is 1.65 bits per heavy atom. The maximum Gasteiger partial charge on any atom is 0.407 e. The molecule has 0 unspecified atom stereocenters. The van der Waals surface area contributed by atoms with Crippen LogP contribution in [0.3, 0.4) is 0 Å². The molecule has 0 spiro atoms. The van der Waals surface area contributed by atoms with Gasteiger partial charge in [0.25, 0.3) is 0 Å². The summed E-state index contributed by atoms with van der Waals surface area (Å²) in [6, 6.07) is -0.557. The van der Waals surface area contributed by atoms with Gasteiger partial charge in [0.1, 0.15) is 6.04 Å². The Morgan fingerprint density at radius 3 is 2.05 bits per heavy atom. The number of amides is 2. The molecule has 116 valence electrons. The van der Waals surface area contributed by atoms with Crippen molar-refractivity contribution in [3.05, 3.63) is 0 Å². The van der Waals surface area contributed by atoms with E-state index in [-0.39, 0.29) is 17.4 Å². The number of methoxy groups -OCH3 is 1. The van der Waals surface area contributed by atoms with E-state index in [2.05, 4.69) is 29.2 Å². The van der Waals surface area contributed by atoms with Crippen molar-refractivity contribution in [2.75, 3.05) is 7.11 Å². The molecule has 0 aliphatic heterocycles. The summed E-state index contributed by atoms with van der Waals surface area (Å²) in [4.78, 5) is 23.9. The Morgan fingerprint density at radius 1 is 1.10 bits per heavy atom. The third-order valence-corrected chi connectivity index (χ3v) is 4.38. The van der Waals surface area contributed by atoms with Crippen LogP contribution < -0.4 is 10.6 Å². The topological polar surface area (TPSA) is 67.4 Å². The number of hydrogen-bond donors (Lipinski definition) is 2. The van der Waals surface area contributed by atoms with Gasteiger partial charge in [-0.25, -0.2) is 4.79 Å². The molecule has 0 radical (unpaired) electrons. The molecule has 1 aliphatic rings. The van der Waals surface area contributed by atoms with Crippen molar-refractivity contribution in [2.24, 2.45) is 11.8 Å². The summed E-state index contributed by atoms with van der Waals surface area (Å²) >= 11 is 0. The van der Waals surface area contributed by atoms with E-state index in [1.54, 1.807) is 0 Å². The van der Waals surface area contributed by atoms with Crippen LogP contribution in [0.5, 0.6) is 0 Å². The average molecular weight is 284 g/mol. The van der Waals surface area contributed by atoms with E-state index in [0.717, 1.165) is 25.7 Å². The van der Waals surface area contributed by atoms with Gasteiger partial charge < -0.3 is 15.4 Å². The van der Waals surface area contributed by atoms with Gasteiger partial charge in [-0.05, 0) is 24.7 Å². The highest BCUT2D eigenvalue weighted by Gasteiger charge is 2.40. The van der Waals surface area contributed by atoms with Crippen molar-refractivity contribution in [3.63, 3.8) is 0 Å². The summed E-state index contributed by atoms with van der Waals surface area (Å²) in [7, 11) is 1.30. The summed E-state index contributed by atoms with van der Waals surface area (Å²) in [6.45, 7) is 8.11. The van der Waals surface area contributed by atoms with Gasteiger partial charge in [-0.15, -0.1) is 0 Å². The standard InChI is InChI=1S/C15H28N2O3/c1-10(2)12(16-14(19)20-5)13(18)17-15(11(3)4)8-6-7-9-15/h10-12H,6-9H2,1-5H3,(H,16,19)(H,17,18)/t12-/m1/s1. The molecule has 5 nitrogen and oxygen atoms in total. The Kier molecular flexibility index (Phi) is 5.84. The lowest BCUT2D eigenvalue weighted by Crippen LogP contribution is -2.58. The summed E-state index contributed by atoms with van der Waals surface area (Å²) in [6.07, 6.45) is 3.76. The maximum absolute atomic E-state index is 12.5. The number of nitrogens with one attached hydrogen (secondary N) is 2. The van der Waals surface area contributed by atoms with Crippen LogP contribution in [0.4, 0.5) is 4.79 Å². The van der Waals surface area contributed by atoms with Gasteiger partial charge in [0, 0.05) is 5.54 Å². The zero-order valence-electron chi connectivity index (χ0n) is 13.3. The van der Waals surface area contributed by atoms with Crippen LogP contribution in [-0.4, -0.2) is 30.7 Å². The smallest absolute Gasteiger partial charge is 0.407 e. The van der Waals surface area contributed by atoms with Crippen molar-refractivity contribution in [1.82, 2.24) is 10.6 Å². The fraction of sp³-hybridized carbons (Fsp3) is 0.867. The second-order valence-electron chi connectivity index (χ2n) is 6.36. The summed E-state index contributed by atoms with van der Waals surface area (Å²) in [5.41, 5.74) is -0.123. The average Bonchev–Trinajstić information content (AvgIpc) is 2.84. The molecular weight excluding hydrogens is 256 g/mol. The highest BCUT2D eigenvalue weighted by atomic mass is 16.5. The lowest BCUT2D eigenvalue weighted by Gasteiger charge is -2.36. The molecule has 1 aliphatic carbocycles. The minimum atomic E-state index is -0.566. The molecule has 5 heteroatoms. The molecule has 0 aromatic carbocycles. The van der Waals surface area contributed by atoms with Crippen molar-refractivity contribution in [3.8, 4) is 0 Å². The lowest BCUT2D eigenvalue weighted by molar-refractivity contribution is -0.126. The Labute approximate surface area is 121 Å². The van der Waals surface area contributed by atoms with Gasteiger partial charge in [-0.3, -0.25) is 4.79 Å². The highest BCUT2D eigenvalue weighted by Crippen LogP contribution is 2.36. The minimum absolute atomic E-state index is 0.0136. The molecule has 1 atom stereocenters. The van der Waals surface area contributed by atoms with Gasteiger partial charge in [-0.2, -0.15) is 0 Å². The van der Waals surface area contributed by atoms with E-state index in [0.29, 0.717) is 5.92 Å². The number of carbonyl (C=O) groups excluding carboxylic acids is 2. The largest absolute Gasteiger partial charge is 0.453 e. The molecule has 2 N–H and O–H groups in total. The van der Waals surface area contributed by atoms with Crippen molar-refractivity contribution >= 4 is 12.0 Å². The van der Waals surface area contributed by atoms with Crippen LogP contribution in [0.15, 0.2) is 0 Å². The number of alkyl carbamates (subject to hydrolysis) is 1. The van der Waals surface area contributed by atoms with Gasteiger partial charge in [-0.1, -0.05) is 40.5 Å². The number of hydrogen-bond acceptors (Lipinski definition) is 3. The van der Waals surface area contributed by atoms with Crippen molar-refractivity contribution < 1.29 is 14.3 Å². The van der Waals surface area contributed by atoms with Crippen LogP contribution >= 0.6 is 0 Å². The molecule has 0 bridgehead atoms. The van der Waals surface area contributed by atoms with Gasteiger partial charge in [0.2, 0.25) is 5.91 Å². The van der Waals surface area contributed by atoms with Gasteiger partial charge in [0.15, 0.2) is 0 Å². The maximum atomic E-state index is 12.5. The van der Waals surface area contributed by atoms with Crippen LogP contribution in [0, 0.1) is 11.8 Å². The monoisotopic (exact) mass is 284 g/mol. The Bertz CT molecular complexity index is 347. The van der Waals surface area contributed by atoms with E-state index in [9.17, 15) is 9.59 Å². The van der Waals surface area contributed by atoms with Crippen LogP contribution in [-0.2, 0) is 9.53 Å². The molecular formula is C15H28N2O3. The van der Waals surface area contributed by atoms with Crippen LogP contribution in [0.25, 0.3) is 0 Å². The van der Waals surface area contributed by atoms with Crippen LogP contribution in [0.1, 0.15) is 53.4 Å². The molecule has 0 aromatic heterocycles. The minimum Gasteiger partial charge on any atom is -0.453 e. The first kappa shape index (κ1) is 16.8. The zero-order chi connectivity index (χ0) is 15.3. The zero-order valence-corrected chi connectivity index (χ0v) is 13.3. The third kappa shape index (κ3) is 3.87. The van der Waals surface area contributed by atoms with E-state index >= 15 is 0 Å². The van der Waals surface area contributed by atoms with Crippen LogP contribution in [0.2, 0.25) is 0 Å². The Balaban J connectivity index is 2.77. The van der Waals surface area contributed by atoms with Crippen molar-refractivity contribution in [1.29, 1.82) is 0 Å². The molecule has 1 saturated carbocycles. The molecule has 2 amide bonds. The normalized spacial score (nSPS) is 18.9. The molecule has 1 fully saturated rings. The molecule has 0 heterocycles. The molecule has 1 rings (SSSR count). The first-order valence-corrected chi connectivity index (χ1v) is 7.49. The summed E-state index contributed by atoms with van der Waals surface area (Å²) in [5.74, 6) is 0.292. The van der Waals surface area contributed by atoms with E-state index in [1.807, 2.05) is 13.8 Å². The van der Waals surface area contributed by atoms with E-state index in [1.165, 1.54) is 7.11 Å². The Hall–Kier alpha value is -1.26. The number of carbonyl (C=O) groups is 2. The van der Waals surface area contributed by atoms with Crippen molar-refractivity contribution in [2.45, 2.75) is 65.0 Å². The quantitative estimate of drug-likeness (QED) is 0.815. The van der Waals surface area contributed by atoms with E-state index < -0.39 is 12.1 Å². The molecule has 0 aromatic rings. The summed E-state index contributed by atoms with van der Waals surface area (Å²) < 4.78 is 4.59. The first-order chi connectivity index (χ1) is 9.32. The molecule has 0 saturated heterocycles. The number of rotatable bonds is 5. The summed E-state index contributed by atoms with van der Waals surface area (Å²) in [5, 5.41) is 5.82. The third-order valence-electron chi connectivity index (χ3n) is 4.38. The number of ether oxygens (including phenoxy) is 1. The highest BCUT2D eigenvalue weighted by molar-refractivity contribution is 5.86. The van der Waals surface area contributed by atoms with Gasteiger partial charge in [0.05, 0.1) is 7.11 Å². The fourth-order valence-corrected chi connectivity index (χ4v) is 2.90. The molecule has 20 heavy (non-hydrogen) atoms. The fourth-order valence-electron chi connectivity index (χ4n) is 2.90. The SMILES string of the molecule is COC(=O)N[C@@H](C(=O)NC1(C(C)C)CCCC1)C(C)C.